The van der Waals surface area contributed by atoms with E-state index in [1.165, 1.54) is 0 Å². The van der Waals surface area contributed by atoms with Crippen molar-refractivity contribution >= 4 is 20.7 Å². The van der Waals surface area contributed by atoms with E-state index in [1.807, 2.05) is 29.0 Å². The Morgan fingerprint density at radius 3 is 2.78 bits per heavy atom. The van der Waals surface area contributed by atoms with Crippen molar-refractivity contribution in [2.75, 3.05) is 11.5 Å². The molecule has 0 fully saturated rings. The molecule has 0 unspecified atom stereocenters. The van der Waals surface area contributed by atoms with Gasteiger partial charge in [-0.25, -0.2) is 8.42 Å². The van der Waals surface area contributed by atoms with Gasteiger partial charge in [0.2, 0.25) is 0 Å². The molecule has 1 aromatic carbocycles. The molecule has 0 aliphatic rings. The fraction of sp³-hybridized carbons (Fsp3) is 0.308. The van der Waals surface area contributed by atoms with Gasteiger partial charge in [-0.3, -0.25) is 0 Å². The second-order valence-corrected chi connectivity index (χ2v) is 6.57. The molecule has 0 saturated heterocycles. The quantitative estimate of drug-likeness (QED) is 0.846. The lowest BCUT2D eigenvalue weighted by Crippen LogP contribution is -2.14. The van der Waals surface area contributed by atoms with Crippen LogP contribution in [0.5, 0.6) is 0 Å². The van der Waals surface area contributed by atoms with Crippen LogP contribution in [0, 0.1) is 11.3 Å². The molecule has 0 amide bonds. The molecule has 1 aromatic heterocycles. The topological polar surface area (TPSA) is 62.9 Å². The number of rotatable bonds is 4. The first-order valence-electron chi connectivity index (χ1n) is 5.76. The first-order valence-corrected chi connectivity index (χ1v) is 7.58. The molecular weight excluding hydrogens is 248 g/mol. The third-order valence-electron chi connectivity index (χ3n) is 3.02. The van der Waals surface area contributed by atoms with Crippen LogP contribution in [0.2, 0.25) is 0 Å². The van der Waals surface area contributed by atoms with Gasteiger partial charge in [0.15, 0.2) is 9.84 Å². The van der Waals surface area contributed by atoms with Gasteiger partial charge >= 0.3 is 0 Å². The summed E-state index contributed by atoms with van der Waals surface area (Å²) in [7, 11) is -2.97. The molecule has 5 heteroatoms. The number of aryl methyl sites for hydroxylation is 1. The number of benzene rings is 1. The third kappa shape index (κ3) is 2.39. The molecule has 2 rings (SSSR count). The molecule has 4 nitrogen and oxygen atoms in total. The van der Waals surface area contributed by atoms with Crippen LogP contribution in [0.3, 0.4) is 0 Å². The van der Waals surface area contributed by atoms with Crippen LogP contribution in [-0.4, -0.2) is 24.5 Å². The molecule has 0 atom stereocenters. The van der Waals surface area contributed by atoms with E-state index in [9.17, 15) is 8.42 Å². The monoisotopic (exact) mass is 262 g/mol. The average Bonchev–Trinajstić information content (AvgIpc) is 2.79. The minimum atomic E-state index is -2.97. The van der Waals surface area contributed by atoms with Crippen LogP contribution in [0.4, 0.5) is 0 Å². The standard InChI is InChI=1S/C13H14N2O2S/c1-2-18(16,17)9-8-15-7-6-12-11(10-14)4-3-5-13(12)15/h3-7H,2,8-9H2,1H3. The number of hydrogen-bond donors (Lipinski definition) is 0. The Morgan fingerprint density at radius 1 is 1.33 bits per heavy atom. The van der Waals surface area contributed by atoms with Crippen LogP contribution in [0.25, 0.3) is 10.9 Å². The Morgan fingerprint density at radius 2 is 2.11 bits per heavy atom. The number of nitrogens with zero attached hydrogens (tertiary/aromatic N) is 2. The van der Waals surface area contributed by atoms with Crippen LogP contribution in [0.15, 0.2) is 30.5 Å². The molecular formula is C13H14N2O2S. The SMILES string of the molecule is CCS(=O)(=O)CCn1ccc2c(C#N)cccc21. The van der Waals surface area contributed by atoms with E-state index in [0.29, 0.717) is 12.1 Å². The number of sulfone groups is 1. The van der Waals surface area contributed by atoms with Crippen molar-refractivity contribution in [3.8, 4) is 6.07 Å². The minimum absolute atomic E-state index is 0.129. The highest BCUT2D eigenvalue weighted by Gasteiger charge is 2.10. The lowest BCUT2D eigenvalue weighted by atomic mass is 10.1. The molecule has 0 saturated carbocycles. The van der Waals surface area contributed by atoms with Gasteiger partial charge in [-0.05, 0) is 18.2 Å². The fourth-order valence-corrected chi connectivity index (χ4v) is 2.66. The van der Waals surface area contributed by atoms with Gasteiger partial charge in [0.05, 0.1) is 17.4 Å². The van der Waals surface area contributed by atoms with Gasteiger partial charge in [0, 0.05) is 29.4 Å². The maximum absolute atomic E-state index is 11.5. The van der Waals surface area contributed by atoms with E-state index in [0.717, 1.165) is 10.9 Å². The van der Waals surface area contributed by atoms with Crippen molar-refractivity contribution in [3.63, 3.8) is 0 Å². The first kappa shape index (κ1) is 12.7. The molecule has 0 N–H and O–H groups in total. The Hall–Kier alpha value is -1.80. The highest BCUT2D eigenvalue weighted by Crippen LogP contribution is 2.19. The van der Waals surface area contributed by atoms with Gasteiger partial charge in [-0.1, -0.05) is 13.0 Å². The third-order valence-corrected chi connectivity index (χ3v) is 4.70. The van der Waals surface area contributed by atoms with Crippen molar-refractivity contribution in [2.24, 2.45) is 0 Å². The molecule has 0 radical (unpaired) electrons. The van der Waals surface area contributed by atoms with Crippen molar-refractivity contribution in [2.45, 2.75) is 13.5 Å². The Bertz CT molecular complexity index is 708. The fourth-order valence-electron chi connectivity index (χ4n) is 1.90. The zero-order valence-corrected chi connectivity index (χ0v) is 10.9. The second-order valence-electron chi connectivity index (χ2n) is 4.10. The summed E-state index contributed by atoms with van der Waals surface area (Å²) < 4.78 is 24.9. The highest BCUT2D eigenvalue weighted by atomic mass is 32.2. The largest absolute Gasteiger partial charge is 0.346 e. The first-order chi connectivity index (χ1) is 8.57. The zero-order chi connectivity index (χ0) is 13.2. The molecule has 1 heterocycles. The lowest BCUT2D eigenvalue weighted by Gasteiger charge is -2.05. The Labute approximate surface area is 106 Å². The van der Waals surface area contributed by atoms with E-state index in [4.69, 9.17) is 5.26 Å². The van der Waals surface area contributed by atoms with Crippen LogP contribution in [-0.2, 0) is 16.4 Å². The zero-order valence-electron chi connectivity index (χ0n) is 10.1. The van der Waals surface area contributed by atoms with Crippen molar-refractivity contribution in [3.05, 3.63) is 36.0 Å². The van der Waals surface area contributed by atoms with Crippen molar-refractivity contribution in [1.82, 2.24) is 4.57 Å². The van der Waals surface area contributed by atoms with E-state index in [-0.39, 0.29) is 11.5 Å². The molecule has 0 aliphatic heterocycles. The molecule has 2 aromatic rings. The summed E-state index contributed by atoms with van der Waals surface area (Å²) >= 11 is 0. The van der Waals surface area contributed by atoms with E-state index in [2.05, 4.69) is 6.07 Å². The minimum Gasteiger partial charge on any atom is -0.346 e. The molecule has 0 aliphatic carbocycles. The summed E-state index contributed by atoms with van der Waals surface area (Å²) in [5, 5.41) is 9.86. The number of fused-ring (bicyclic) bond motifs is 1. The second kappa shape index (κ2) is 4.83. The number of aromatic nitrogens is 1. The normalized spacial score (nSPS) is 11.6. The summed E-state index contributed by atoms with van der Waals surface area (Å²) in [5.41, 5.74) is 1.52. The molecule has 94 valence electrons. The lowest BCUT2D eigenvalue weighted by molar-refractivity contribution is 0.591. The van der Waals surface area contributed by atoms with E-state index in [1.54, 1.807) is 13.0 Å². The summed E-state index contributed by atoms with van der Waals surface area (Å²) in [6, 6.07) is 9.46. The Kier molecular flexibility index (Phi) is 3.39. The van der Waals surface area contributed by atoms with Gasteiger partial charge in [-0.15, -0.1) is 0 Å². The van der Waals surface area contributed by atoms with Crippen LogP contribution >= 0.6 is 0 Å². The van der Waals surface area contributed by atoms with Crippen molar-refractivity contribution in [1.29, 1.82) is 5.26 Å². The average molecular weight is 262 g/mol. The van der Waals surface area contributed by atoms with Gasteiger partial charge in [0.1, 0.15) is 0 Å². The predicted octanol–water partition coefficient (Wildman–Crippen LogP) is 1.95. The van der Waals surface area contributed by atoms with Crippen LogP contribution in [0.1, 0.15) is 12.5 Å². The highest BCUT2D eigenvalue weighted by molar-refractivity contribution is 7.91. The molecule has 0 spiro atoms. The van der Waals surface area contributed by atoms with Gasteiger partial charge < -0.3 is 4.57 Å². The maximum Gasteiger partial charge on any atom is 0.151 e. The summed E-state index contributed by atoms with van der Waals surface area (Å²) in [6.45, 7) is 2.07. The van der Waals surface area contributed by atoms with Crippen LogP contribution < -0.4 is 0 Å². The summed E-state index contributed by atoms with van der Waals surface area (Å²) in [6.07, 6.45) is 1.83. The summed E-state index contributed by atoms with van der Waals surface area (Å²) in [4.78, 5) is 0. The summed E-state index contributed by atoms with van der Waals surface area (Å²) in [5.74, 6) is 0.291. The van der Waals surface area contributed by atoms with Gasteiger partial charge in [0.25, 0.3) is 0 Å². The van der Waals surface area contributed by atoms with Gasteiger partial charge in [-0.2, -0.15) is 5.26 Å². The number of nitriles is 1. The Balaban J connectivity index is 2.34. The van der Waals surface area contributed by atoms with Crippen molar-refractivity contribution < 1.29 is 8.42 Å². The molecule has 0 bridgehead atoms. The maximum atomic E-state index is 11.5. The van der Waals surface area contributed by atoms with E-state index < -0.39 is 9.84 Å². The predicted molar refractivity (Wildman–Crippen MR) is 71.0 cm³/mol. The van der Waals surface area contributed by atoms with E-state index >= 15 is 0 Å². The smallest absolute Gasteiger partial charge is 0.151 e. The number of hydrogen-bond acceptors (Lipinski definition) is 3. The molecule has 18 heavy (non-hydrogen) atoms.